The van der Waals surface area contributed by atoms with Gasteiger partial charge in [0.15, 0.2) is 5.96 Å². The van der Waals surface area contributed by atoms with E-state index in [0.29, 0.717) is 6.54 Å². The summed E-state index contributed by atoms with van der Waals surface area (Å²) in [5, 5.41) is 6.50. The van der Waals surface area contributed by atoms with Crippen molar-refractivity contribution < 1.29 is 9.13 Å². The van der Waals surface area contributed by atoms with Gasteiger partial charge in [-0.1, -0.05) is 30.3 Å². The van der Waals surface area contributed by atoms with Crippen LogP contribution in [-0.4, -0.2) is 26.7 Å². The molecule has 0 saturated heterocycles. The molecule has 0 spiro atoms. The van der Waals surface area contributed by atoms with Gasteiger partial charge in [0.05, 0.1) is 7.11 Å². The Bertz CT molecular complexity index is 647. The van der Waals surface area contributed by atoms with Gasteiger partial charge < -0.3 is 15.4 Å². The number of rotatable bonds is 6. The molecular formula is C18H23FIN3O. The molecule has 0 radical (unpaired) electrons. The van der Waals surface area contributed by atoms with Crippen LogP contribution in [0.2, 0.25) is 0 Å². The highest BCUT2D eigenvalue weighted by atomic mass is 127. The van der Waals surface area contributed by atoms with E-state index in [2.05, 4.69) is 15.6 Å². The van der Waals surface area contributed by atoms with E-state index in [4.69, 9.17) is 4.74 Å². The average Bonchev–Trinajstić information content (AvgIpc) is 2.59. The molecule has 0 aliphatic heterocycles. The highest BCUT2D eigenvalue weighted by molar-refractivity contribution is 14.0. The molecule has 0 saturated carbocycles. The molecule has 0 atom stereocenters. The minimum absolute atomic E-state index is 0. The minimum atomic E-state index is -0.212. The molecule has 2 aromatic rings. The third kappa shape index (κ3) is 6.35. The summed E-state index contributed by atoms with van der Waals surface area (Å²) in [6.45, 7) is 1.34. The summed E-state index contributed by atoms with van der Waals surface area (Å²) in [6, 6.07) is 14.4. The monoisotopic (exact) mass is 443 g/mol. The Balaban J connectivity index is 0.00000288. The normalized spacial score (nSPS) is 10.7. The molecule has 2 N–H and O–H groups in total. The third-order valence-electron chi connectivity index (χ3n) is 3.48. The van der Waals surface area contributed by atoms with Crippen LogP contribution in [0.5, 0.6) is 5.75 Å². The third-order valence-corrected chi connectivity index (χ3v) is 3.48. The van der Waals surface area contributed by atoms with Crippen molar-refractivity contribution in [3.63, 3.8) is 0 Å². The zero-order valence-corrected chi connectivity index (χ0v) is 16.2. The fraction of sp³-hybridized carbons (Fsp3) is 0.278. The number of nitrogens with zero attached hydrogens (tertiary/aromatic N) is 1. The summed E-state index contributed by atoms with van der Waals surface area (Å²) in [5.41, 5.74) is 2.15. The van der Waals surface area contributed by atoms with E-state index in [1.54, 1.807) is 26.3 Å². The molecule has 24 heavy (non-hydrogen) atoms. The summed E-state index contributed by atoms with van der Waals surface area (Å²) in [7, 11) is 3.39. The molecule has 0 aliphatic carbocycles. The van der Waals surface area contributed by atoms with Gasteiger partial charge >= 0.3 is 0 Å². The van der Waals surface area contributed by atoms with Gasteiger partial charge in [0.1, 0.15) is 11.6 Å². The number of halogens is 2. The fourth-order valence-electron chi connectivity index (χ4n) is 2.22. The van der Waals surface area contributed by atoms with Crippen LogP contribution in [-0.2, 0) is 13.0 Å². The molecule has 0 aromatic heterocycles. The Morgan fingerprint density at radius 2 is 1.79 bits per heavy atom. The van der Waals surface area contributed by atoms with Crippen LogP contribution in [0.3, 0.4) is 0 Å². The standard InChI is InChI=1S/C18H22FN3O.HI/c1-20-18(21-12-11-14-7-9-16(19)10-8-14)22-13-15-5-3-4-6-17(15)23-2;/h3-10H,11-13H2,1-2H3,(H2,20,21,22);1H. The number of benzene rings is 2. The van der Waals surface area contributed by atoms with Crippen LogP contribution in [0.15, 0.2) is 53.5 Å². The topological polar surface area (TPSA) is 45.7 Å². The van der Waals surface area contributed by atoms with Crippen LogP contribution >= 0.6 is 24.0 Å². The van der Waals surface area contributed by atoms with Gasteiger partial charge in [0.25, 0.3) is 0 Å². The molecule has 130 valence electrons. The zero-order chi connectivity index (χ0) is 16.5. The second kappa shape index (κ2) is 10.9. The minimum Gasteiger partial charge on any atom is -0.496 e. The number of aliphatic imine (C=N–C) groups is 1. The van der Waals surface area contributed by atoms with E-state index in [-0.39, 0.29) is 29.8 Å². The van der Waals surface area contributed by atoms with Crippen LogP contribution in [0.1, 0.15) is 11.1 Å². The molecule has 0 heterocycles. The molecule has 2 aromatic carbocycles. The number of ether oxygens (including phenoxy) is 1. The second-order valence-electron chi connectivity index (χ2n) is 5.04. The number of para-hydroxylation sites is 1. The van der Waals surface area contributed by atoms with Crippen molar-refractivity contribution in [2.24, 2.45) is 4.99 Å². The Hall–Kier alpha value is -1.83. The van der Waals surface area contributed by atoms with Gasteiger partial charge in [-0.2, -0.15) is 0 Å². The number of methoxy groups -OCH3 is 1. The number of nitrogens with one attached hydrogen (secondary N) is 2. The molecule has 0 aliphatic rings. The van der Waals surface area contributed by atoms with Crippen molar-refractivity contribution in [1.29, 1.82) is 0 Å². The van der Waals surface area contributed by atoms with E-state index in [1.807, 2.05) is 24.3 Å². The van der Waals surface area contributed by atoms with Crippen molar-refractivity contribution in [2.45, 2.75) is 13.0 Å². The Morgan fingerprint density at radius 3 is 2.46 bits per heavy atom. The van der Waals surface area contributed by atoms with Crippen molar-refractivity contribution in [3.8, 4) is 5.75 Å². The van der Waals surface area contributed by atoms with Crippen molar-refractivity contribution >= 4 is 29.9 Å². The van der Waals surface area contributed by atoms with Crippen molar-refractivity contribution in [3.05, 3.63) is 65.5 Å². The van der Waals surface area contributed by atoms with E-state index in [1.165, 1.54) is 12.1 Å². The van der Waals surface area contributed by atoms with Gasteiger partial charge in [-0.25, -0.2) is 4.39 Å². The summed E-state index contributed by atoms with van der Waals surface area (Å²) in [4.78, 5) is 4.20. The molecule has 4 nitrogen and oxygen atoms in total. The summed E-state index contributed by atoms with van der Waals surface area (Å²) in [5.74, 6) is 1.36. The van der Waals surface area contributed by atoms with Crippen LogP contribution in [0, 0.1) is 5.82 Å². The highest BCUT2D eigenvalue weighted by Crippen LogP contribution is 2.16. The van der Waals surface area contributed by atoms with Gasteiger partial charge in [0, 0.05) is 25.7 Å². The van der Waals surface area contributed by atoms with Crippen molar-refractivity contribution in [2.75, 3.05) is 20.7 Å². The Labute approximate surface area is 159 Å². The fourth-order valence-corrected chi connectivity index (χ4v) is 2.22. The van der Waals surface area contributed by atoms with E-state index in [0.717, 1.165) is 35.8 Å². The molecule has 0 fully saturated rings. The largest absolute Gasteiger partial charge is 0.496 e. The quantitative estimate of drug-likeness (QED) is 0.409. The average molecular weight is 443 g/mol. The zero-order valence-electron chi connectivity index (χ0n) is 13.9. The van der Waals surface area contributed by atoms with Gasteiger partial charge in [-0.3, -0.25) is 4.99 Å². The SMILES string of the molecule is CN=C(NCCc1ccc(F)cc1)NCc1ccccc1OC.I. The lowest BCUT2D eigenvalue weighted by Gasteiger charge is -2.13. The Kier molecular flexibility index (Phi) is 9.14. The first-order valence-corrected chi connectivity index (χ1v) is 7.54. The smallest absolute Gasteiger partial charge is 0.191 e. The van der Waals surface area contributed by atoms with Gasteiger partial charge in [-0.15, -0.1) is 24.0 Å². The predicted molar refractivity (Wildman–Crippen MR) is 107 cm³/mol. The van der Waals surface area contributed by atoms with Gasteiger partial charge in [-0.05, 0) is 30.2 Å². The molecule has 6 heteroatoms. The van der Waals surface area contributed by atoms with Crippen LogP contribution < -0.4 is 15.4 Å². The lowest BCUT2D eigenvalue weighted by Crippen LogP contribution is -2.37. The Morgan fingerprint density at radius 1 is 1.08 bits per heavy atom. The molecule has 0 bridgehead atoms. The van der Waals surface area contributed by atoms with Crippen LogP contribution in [0.4, 0.5) is 4.39 Å². The summed E-state index contributed by atoms with van der Waals surface area (Å²) >= 11 is 0. The van der Waals surface area contributed by atoms with Crippen LogP contribution in [0.25, 0.3) is 0 Å². The molecular weight excluding hydrogens is 420 g/mol. The highest BCUT2D eigenvalue weighted by Gasteiger charge is 2.03. The summed E-state index contributed by atoms with van der Waals surface area (Å²) < 4.78 is 18.2. The lowest BCUT2D eigenvalue weighted by molar-refractivity contribution is 0.409. The first-order valence-electron chi connectivity index (χ1n) is 7.54. The molecule has 0 amide bonds. The van der Waals surface area contributed by atoms with E-state index < -0.39 is 0 Å². The number of guanidine groups is 1. The van der Waals surface area contributed by atoms with E-state index >= 15 is 0 Å². The lowest BCUT2D eigenvalue weighted by atomic mass is 10.1. The van der Waals surface area contributed by atoms with E-state index in [9.17, 15) is 4.39 Å². The maximum Gasteiger partial charge on any atom is 0.191 e. The first kappa shape index (κ1) is 20.2. The van der Waals surface area contributed by atoms with Gasteiger partial charge in [0.2, 0.25) is 0 Å². The summed E-state index contributed by atoms with van der Waals surface area (Å²) in [6.07, 6.45) is 0.801. The maximum absolute atomic E-state index is 12.9. The number of hydrogen-bond donors (Lipinski definition) is 2. The second-order valence-corrected chi connectivity index (χ2v) is 5.04. The number of hydrogen-bond acceptors (Lipinski definition) is 2. The maximum atomic E-state index is 12.9. The first-order chi connectivity index (χ1) is 11.2. The predicted octanol–water partition coefficient (Wildman–Crippen LogP) is 3.36. The molecule has 0 unspecified atom stereocenters. The van der Waals surface area contributed by atoms with Crippen molar-refractivity contribution in [1.82, 2.24) is 10.6 Å². The molecule has 2 rings (SSSR count).